The quantitative estimate of drug-likeness (QED) is 0.292. The number of aromatic nitrogens is 4. The zero-order valence-electron chi connectivity index (χ0n) is 23.1. The number of nitrogens with one attached hydrogen (secondary N) is 1. The largest absolute Gasteiger partial charge is 0.330 e. The first-order valence-corrected chi connectivity index (χ1v) is 14.5. The fourth-order valence-electron chi connectivity index (χ4n) is 5.78. The van der Waals surface area contributed by atoms with Crippen LogP contribution in [0.4, 0.5) is 10.1 Å². The molecule has 6 rings (SSSR count). The van der Waals surface area contributed by atoms with Gasteiger partial charge in [-0.25, -0.2) is 9.07 Å². The van der Waals surface area contributed by atoms with Crippen molar-refractivity contribution in [1.82, 2.24) is 24.9 Å². The molecular weight excluding hydrogens is 555 g/mol. The first-order valence-electron chi connectivity index (χ1n) is 14.1. The van der Waals surface area contributed by atoms with Gasteiger partial charge in [0.1, 0.15) is 5.82 Å². The minimum atomic E-state index is -0.398. The number of amides is 2. The number of pyridine rings is 1. The van der Waals surface area contributed by atoms with Crippen molar-refractivity contribution in [3.8, 4) is 16.8 Å². The van der Waals surface area contributed by atoms with Crippen molar-refractivity contribution in [2.75, 3.05) is 11.9 Å². The number of anilines is 1. The molecule has 2 aliphatic heterocycles. The van der Waals surface area contributed by atoms with Gasteiger partial charge in [0.05, 0.1) is 29.8 Å². The van der Waals surface area contributed by atoms with Gasteiger partial charge >= 0.3 is 0 Å². The van der Waals surface area contributed by atoms with Crippen molar-refractivity contribution in [3.05, 3.63) is 95.3 Å². The van der Waals surface area contributed by atoms with Crippen LogP contribution in [-0.4, -0.2) is 43.2 Å². The number of fused-ring (bicyclic) bond motifs is 4. The number of hydrogen-bond donors (Lipinski definition) is 1. The Bertz CT molecular complexity index is 1670. The normalized spacial score (nSPS) is 19.6. The molecule has 2 aromatic carbocycles. The first kappa shape index (κ1) is 27.8. The Morgan fingerprint density at radius 2 is 1.86 bits per heavy atom. The van der Waals surface area contributed by atoms with Crippen LogP contribution in [0.3, 0.4) is 0 Å². The van der Waals surface area contributed by atoms with Gasteiger partial charge in [-0.05, 0) is 78.9 Å². The van der Waals surface area contributed by atoms with Crippen molar-refractivity contribution >= 4 is 34.7 Å². The molecule has 0 aliphatic carbocycles. The van der Waals surface area contributed by atoms with Crippen molar-refractivity contribution in [1.29, 1.82) is 0 Å². The monoisotopic (exact) mass is 584 g/mol. The molecule has 214 valence electrons. The highest BCUT2D eigenvalue weighted by Gasteiger charge is 2.30. The highest BCUT2D eigenvalue weighted by molar-refractivity contribution is 6.30. The number of halogens is 2. The number of benzene rings is 2. The Kier molecular flexibility index (Phi) is 7.84. The number of rotatable bonds is 3. The summed E-state index contributed by atoms with van der Waals surface area (Å²) in [5.41, 5.74) is 5.09. The molecule has 2 aliphatic rings. The highest BCUT2D eigenvalue weighted by atomic mass is 35.5. The maximum atomic E-state index is 14.4. The maximum Gasteiger partial charge on any atom is 0.247 e. The second kappa shape index (κ2) is 11.9. The molecule has 8 nitrogen and oxygen atoms in total. The van der Waals surface area contributed by atoms with Gasteiger partial charge in [-0.15, -0.1) is 5.10 Å². The molecular formula is C32H30ClFN6O2. The fourth-order valence-corrected chi connectivity index (χ4v) is 5.95. The van der Waals surface area contributed by atoms with Gasteiger partial charge in [0.25, 0.3) is 0 Å². The molecule has 0 unspecified atom stereocenters. The maximum absolute atomic E-state index is 14.4. The summed E-state index contributed by atoms with van der Waals surface area (Å²) in [5.74, 6) is -0.810. The van der Waals surface area contributed by atoms with E-state index in [0.29, 0.717) is 42.1 Å². The lowest BCUT2D eigenvalue weighted by atomic mass is 9.93. The van der Waals surface area contributed by atoms with Crippen LogP contribution >= 0.6 is 11.6 Å². The number of carbonyl (C=O) groups is 2. The predicted molar refractivity (Wildman–Crippen MR) is 159 cm³/mol. The summed E-state index contributed by atoms with van der Waals surface area (Å²) in [6.45, 7) is 2.40. The summed E-state index contributed by atoms with van der Waals surface area (Å²) in [7, 11) is 0. The standard InChI is InChI=1S/C32H30ClFN6O2/c1-20-4-2-3-5-30(28-16-21(10-12-35-28)25-19-24(34)7-8-27(25)37-32(20)42)39-14-11-22(17-31(39)41)26-18-23(33)6-9-29(26)40-15-13-36-38-40/h6-10,12-13,15-20,30H,2-5,11,14H2,1H3,(H,37,42)/t20-,30+/m1/s1. The van der Waals surface area contributed by atoms with Crippen LogP contribution in [0.5, 0.6) is 0 Å². The van der Waals surface area contributed by atoms with E-state index in [9.17, 15) is 14.0 Å². The van der Waals surface area contributed by atoms with E-state index in [1.807, 2.05) is 30.0 Å². The van der Waals surface area contributed by atoms with E-state index >= 15 is 0 Å². The van der Waals surface area contributed by atoms with E-state index in [-0.39, 0.29) is 23.8 Å². The Balaban J connectivity index is 1.36. The van der Waals surface area contributed by atoms with Crippen LogP contribution in [-0.2, 0) is 9.59 Å². The van der Waals surface area contributed by atoms with E-state index in [0.717, 1.165) is 40.9 Å². The molecule has 2 atom stereocenters. The second-order valence-electron chi connectivity index (χ2n) is 10.8. The lowest BCUT2D eigenvalue weighted by Gasteiger charge is -2.34. The summed E-state index contributed by atoms with van der Waals surface area (Å²) in [6.07, 6.45) is 10.4. The third kappa shape index (κ3) is 5.69. The number of carbonyl (C=O) groups excluding carboxylic acids is 2. The topological polar surface area (TPSA) is 93.0 Å². The molecule has 0 saturated carbocycles. The SMILES string of the molecule is C[C@@H]1CCCC[C@H](N2CCC(c3cc(Cl)ccc3-n3ccnn3)=CC2=O)c2cc(ccn2)-c2cc(F)ccc2NC1=O. The van der Waals surface area contributed by atoms with Crippen LogP contribution < -0.4 is 5.32 Å². The van der Waals surface area contributed by atoms with Gasteiger partial charge in [-0.3, -0.25) is 14.6 Å². The van der Waals surface area contributed by atoms with Gasteiger partial charge in [0, 0.05) is 46.6 Å². The predicted octanol–water partition coefficient (Wildman–Crippen LogP) is 6.63. The summed E-state index contributed by atoms with van der Waals surface area (Å²) < 4.78 is 16.0. The Labute approximate surface area is 248 Å². The van der Waals surface area contributed by atoms with Crippen molar-refractivity contribution < 1.29 is 14.0 Å². The van der Waals surface area contributed by atoms with Crippen LogP contribution in [0.2, 0.25) is 5.02 Å². The third-order valence-electron chi connectivity index (χ3n) is 8.04. The van der Waals surface area contributed by atoms with E-state index in [1.54, 1.807) is 47.5 Å². The zero-order chi connectivity index (χ0) is 29.2. The van der Waals surface area contributed by atoms with E-state index < -0.39 is 5.82 Å². The first-order chi connectivity index (χ1) is 20.4. The molecule has 1 N–H and O–H groups in total. The average molecular weight is 585 g/mol. The molecule has 10 heteroatoms. The van der Waals surface area contributed by atoms with Crippen molar-refractivity contribution in [2.45, 2.75) is 45.1 Å². The smallest absolute Gasteiger partial charge is 0.247 e. The van der Waals surface area contributed by atoms with Gasteiger partial charge in [0.15, 0.2) is 0 Å². The summed E-state index contributed by atoms with van der Waals surface area (Å²) in [5, 5.41) is 11.6. The molecule has 42 heavy (non-hydrogen) atoms. The molecule has 2 bridgehead atoms. The highest BCUT2D eigenvalue weighted by Crippen LogP contribution is 2.37. The molecule has 0 spiro atoms. The second-order valence-corrected chi connectivity index (χ2v) is 11.2. The lowest BCUT2D eigenvalue weighted by Crippen LogP contribution is -2.37. The molecule has 2 aromatic heterocycles. The molecule has 4 heterocycles. The van der Waals surface area contributed by atoms with Gasteiger partial charge in [-0.2, -0.15) is 0 Å². The number of hydrogen-bond acceptors (Lipinski definition) is 5. The average Bonchev–Trinajstić information content (AvgIpc) is 3.53. The van der Waals surface area contributed by atoms with Crippen molar-refractivity contribution in [2.24, 2.45) is 5.92 Å². The molecule has 2 amide bonds. The molecule has 0 fully saturated rings. The summed E-state index contributed by atoms with van der Waals surface area (Å²) >= 11 is 6.36. The fraction of sp³-hybridized carbons (Fsp3) is 0.281. The Morgan fingerprint density at radius 1 is 1.00 bits per heavy atom. The Hall–Kier alpha value is -4.37. The van der Waals surface area contributed by atoms with Crippen LogP contribution in [0, 0.1) is 11.7 Å². The summed E-state index contributed by atoms with van der Waals surface area (Å²) in [4.78, 5) is 33.2. The Morgan fingerprint density at radius 3 is 2.67 bits per heavy atom. The lowest BCUT2D eigenvalue weighted by molar-refractivity contribution is -0.129. The summed E-state index contributed by atoms with van der Waals surface area (Å²) in [6, 6.07) is 13.3. The molecule has 4 aromatic rings. The van der Waals surface area contributed by atoms with Crippen LogP contribution in [0.25, 0.3) is 22.4 Å². The van der Waals surface area contributed by atoms with Crippen LogP contribution in [0.15, 0.2) is 73.2 Å². The van der Waals surface area contributed by atoms with Crippen LogP contribution in [0.1, 0.15) is 56.3 Å². The third-order valence-corrected chi connectivity index (χ3v) is 8.27. The van der Waals surface area contributed by atoms with E-state index in [2.05, 4.69) is 20.6 Å². The van der Waals surface area contributed by atoms with Gasteiger partial charge in [0.2, 0.25) is 11.8 Å². The minimum absolute atomic E-state index is 0.0944. The minimum Gasteiger partial charge on any atom is -0.330 e. The van der Waals surface area contributed by atoms with Crippen molar-refractivity contribution in [3.63, 3.8) is 0 Å². The molecule has 0 radical (unpaired) electrons. The zero-order valence-corrected chi connectivity index (χ0v) is 23.9. The van der Waals surface area contributed by atoms with E-state index in [4.69, 9.17) is 11.6 Å². The number of nitrogens with zero attached hydrogens (tertiary/aromatic N) is 5. The van der Waals surface area contributed by atoms with Gasteiger partial charge < -0.3 is 10.2 Å². The molecule has 0 saturated heterocycles. The van der Waals surface area contributed by atoms with E-state index in [1.165, 1.54) is 12.1 Å². The van der Waals surface area contributed by atoms with Gasteiger partial charge in [-0.1, -0.05) is 36.6 Å².